The lowest BCUT2D eigenvalue weighted by molar-refractivity contribution is 0.0767. The summed E-state index contributed by atoms with van der Waals surface area (Å²) in [4.78, 5) is 25.1. The highest BCUT2D eigenvalue weighted by atomic mass is 16.2. The Hall–Kier alpha value is -2.43. The molecular weight excluding hydrogens is 264 g/mol. The highest BCUT2D eigenvalue weighted by molar-refractivity contribution is 5.94. The van der Waals surface area contributed by atoms with Crippen molar-refractivity contribution in [3.8, 4) is 0 Å². The number of nitrogens with zero attached hydrogens (tertiary/aromatic N) is 4. The fourth-order valence-electron chi connectivity index (χ4n) is 2.54. The van der Waals surface area contributed by atoms with Crippen LogP contribution in [0, 0.1) is 0 Å². The minimum absolute atomic E-state index is 0.103. The Morgan fingerprint density at radius 2 is 1.67 bits per heavy atom. The van der Waals surface area contributed by atoms with E-state index in [2.05, 4.69) is 14.9 Å². The maximum absolute atomic E-state index is 12.5. The molecule has 0 aliphatic carbocycles. The second-order valence-corrected chi connectivity index (χ2v) is 5.05. The molecule has 0 unspecified atom stereocenters. The van der Waals surface area contributed by atoms with Gasteiger partial charge < -0.3 is 9.80 Å². The Morgan fingerprint density at radius 3 is 2.43 bits per heavy atom. The van der Waals surface area contributed by atoms with Crippen LogP contribution in [0.1, 0.15) is 16.8 Å². The van der Waals surface area contributed by atoms with Crippen LogP contribution < -0.4 is 4.90 Å². The number of aromatic nitrogens is 2. The predicted molar refractivity (Wildman–Crippen MR) is 81.2 cm³/mol. The molecule has 0 N–H and O–H groups in total. The SMILES string of the molecule is O=C(c1ccccc1)N1CCCN(c2ncccn2)CC1. The Labute approximate surface area is 124 Å². The molecule has 3 rings (SSSR count). The highest BCUT2D eigenvalue weighted by Crippen LogP contribution is 2.12. The number of rotatable bonds is 2. The predicted octanol–water partition coefficient (Wildman–Crippen LogP) is 1.83. The minimum atomic E-state index is 0.103. The summed E-state index contributed by atoms with van der Waals surface area (Å²) in [7, 11) is 0. The number of carbonyl (C=O) groups excluding carboxylic acids is 1. The summed E-state index contributed by atoms with van der Waals surface area (Å²) in [6.07, 6.45) is 4.43. The Balaban J connectivity index is 1.67. The molecule has 2 heterocycles. The molecule has 2 aromatic rings. The average Bonchev–Trinajstić information content (AvgIpc) is 2.82. The van der Waals surface area contributed by atoms with Crippen LogP contribution in [0.4, 0.5) is 5.95 Å². The first-order chi connectivity index (χ1) is 10.3. The van der Waals surface area contributed by atoms with Gasteiger partial charge in [-0.25, -0.2) is 9.97 Å². The molecule has 108 valence electrons. The van der Waals surface area contributed by atoms with E-state index in [1.165, 1.54) is 0 Å². The Morgan fingerprint density at radius 1 is 0.905 bits per heavy atom. The van der Waals surface area contributed by atoms with Gasteiger partial charge in [-0.05, 0) is 24.6 Å². The third kappa shape index (κ3) is 3.18. The zero-order valence-electron chi connectivity index (χ0n) is 11.9. The van der Waals surface area contributed by atoms with Crippen molar-refractivity contribution in [3.05, 3.63) is 54.4 Å². The van der Waals surface area contributed by atoms with Crippen molar-refractivity contribution in [2.45, 2.75) is 6.42 Å². The van der Waals surface area contributed by atoms with Crippen molar-refractivity contribution in [1.82, 2.24) is 14.9 Å². The topological polar surface area (TPSA) is 49.3 Å². The fraction of sp³-hybridized carbons (Fsp3) is 0.312. The van der Waals surface area contributed by atoms with Crippen LogP contribution in [0.25, 0.3) is 0 Å². The van der Waals surface area contributed by atoms with Crippen LogP contribution in [0.5, 0.6) is 0 Å². The first-order valence-electron chi connectivity index (χ1n) is 7.21. The lowest BCUT2D eigenvalue weighted by atomic mass is 10.2. The second kappa shape index (κ2) is 6.35. The van der Waals surface area contributed by atoms with E-state index < -0.39 is 0 Å². The second-order valence-electron chi connectivity index (χ2n) is 5.05. The molecule has 5 nitrogen and oxygen atoms in total. The summed E-state index contributed by atoms with van der Waals surface area (Å²) < 4.78 is 0. The number of hydrogen-bond donors (Lipinski definition) is 0. The molecule has 0 bridgehead atoms. The van der Waals surface area contributed by atoms with E-state index >= 15 is 0 Å². The van der Waals surface area contributed by atoms with Crippen LogP contribution in [-0.4, -0.2) is 47.0 Å². The summed E-state index contributed by atoms with van der Waals surface area (Å²) in [5, 5.41) is 0. The van der Waals surface area contributed by atoms with Crippen LogP contribution in [0.15, 0.2) is 48.8 Å². The molecule has 0 radical (unpaired) electrons. The number of benzene rings is 1. The average molecular weight is 282 g/mol. The molecular formula is C16H18N4O. The Bertz CT molecular complexity index is 588. The van der Waals surface area contributed by atoms with Gasteiger partial charge in [-0.1, -0.05) is 18.2 Å². The largest absolute Gasteiger partial charge is 0.339 e. The van der Waals surface area contributed by atoms with Gasteiger partial charge >= 0.3 is 0 Å². The van der Waals surface area contributed by atoms with Crippen molar-refractivity contribution < 1.29 is 4.79 Å². The van der Waals surface area contributed by atoms with E-state index in [-0.39, 0.29) is 5.91 Å². The third-order valence-corrected chi connectivity index (χ3v) is 3.64. The van der Waals surface area contributed by atoms with Gasteiger partial charge in [0, 0.05) is 44.1 Å². The van der Waals surface area contributed by atoms with Crippen molar-refractivity contribution >= 4 is 11.9 Å². The summed E-state index contributed by atoms with van der Waals surface area (Å²) in [6, 6.07) is 11.3. The molecule has 1 fully saturated rings. The minimum Gasteiger partial charge on any atom is -0.339 e. The van der Waals surface area contributed by atoms with Gasteiger partial charge in [0.25, 0.3) is 5.91 Å². The van der Waals surface area contributed by atoms with Crippen LogP contribution in [0.3, 0.4) is 0 Å². The molecule has 0 atom stereocenters. The van der Waals surface area contributed by atoms with E-state index in [0.29, 0.717) is 6.54 Å². The summed E-state index contributed by atoms with van der Waals surface area (Å²) in [6.45, 7) is 3.12. The Kier molecular flexibility index (Phi) is 4.09. The number of carbonyl (C=O) groups is 1. The summed E-state index contributed by atoms with van der Waals surface area (Å²) in [5.74, 6) is 0.845. The van der Waals surface area contributed by atoms with Crippen molar-refractivity contribution in [1.29, 1.82) is 0 Å². The third-order valence-electron chi connectivity index (χ3n) is 3.64. The van der Waals surface area contributed by atoms with E-state index in [1.54, 1.807) is 12.4 Å². The molecule has 5 heteroatoms. The number of amides is 1. The standard InChI is InChI=1S/C16H18N4O/c21-15(14-6-2-1-3-7-14)19-10-5-11-20(13-12-19)16-17-8-4-9-18-16/h1-4,6-9H,5,10-13H2. The maximum atomic E-state index is 12.5. The van der Waals surface area contributed by atoms with Gasteiger partial charge in [0.05, 0.1) is 0 Å². The summed E-state index contributed by atoms with van der Waals surface area (Å²) >= 11 is 0. The molecule has 21 heavy (non-hydrogen) atoms. The van der Waals surface area contributed by atoms with Crippen molar-refractivity contribution in [2.24, 2.45) is 0 Å². The van der Waals surface area contributed by atoms with E-state index in [0.717, 1.165) is 37.6 Å². The van der Waals surface area contributed by atoms with Gasteiger partial charge in [-0.2, -0.15) is 0 Å². The number of anilines is 1. The van der Waals surface area contributed by atoms with Gasteiger partial charge in [0.15, 0.2) is 0 Å². The quantitative estimate of drug-likeness (QED) is 0.843. The van der Waals surface area contributed by atoms with Crippen LogP contribution in [-0.2, 0) is 0 Å². The van der Waals surface area contributed by atoms with Crippen molar-refractivity contribution in [3.63, 3.8) is 0 Å². The fourth-order valence-corrected chi connectivity index (χ4v) is 2.54. The zero-order valence-corrected chi connectivity index (χ0v) is 11.9. The molecule has 1 aromatic carbocycles. The zero-order chi connectivity index (χ0) is 14.5. The van der Waals surface area contributed by atoms with Gasteiger partial charge in [-0.15, -0.1) is 0 Å². The molecule has 1 aromatic heterocycles. The molecule has 1 aliphatic rings. The first-order valence-corrected chi connectivity index (χ1v) is 7.21. The van der Waals surface area contributed by atoms with E-state index in [9.17, 15) is 4.79 Å². The lowest BCUT2D eigenvalue weighted by Gasteiger charge is -2.22. The smallest absolute Gasteiger partial charge is 0.253 e. The van der Waals surface area contributed by atoms with E-state index in [4.69, 9.17) is 0 Å². The van der Waals surface area contributed by atoms with Crippen LogP contribution in [0.2, 0.25) is 0 Å². The molecule has 1 saturated heterocycles. The monoisotopic (exact) mass is 282 g/mol. The summed E-state index contributed by atoms with van der Waals surface area (Å²) in [5.41, 5.74) is 0.752. The maximum Gasteiger partial charge on any atom is 0.253 e. The van der Waals surface area contributed by atoms with Crippen molar-refractivity contribution in [2.75, 3.05) is 31.1 Å². The van der Waals surface area contributed by atoms with Crippen LogP contribution >= 0.6 is 0 Å². The van der Waals surface area contributed by atoms with Gasteiger partial charge in [-0.3, -0.25) is 4.79 Å². The normalized spacial score (nSPS) is 15.6. The lowest BCUT2D eigenvalue weighted by Crippen LogP contribution is -2.35. The van der Waals surface area contributed by atoms with E-state index in [1.807, 2.05) is 41.3 Å². The molecule has 0 spiro atoms. The molecule has 0 saturated carbocycles. The van der Waals surface area contributed by atoms with Gasteiger partial charge in [0.2, 0.25) is 5.95 Å². The molecule has 1 aliphatic heterocycles. The first kappa shape index (κ1) is 13.5. The molecule has 1 amide bonds. The highest BCUT2D eigenvalue weighted by Gasteiger charge is 2.21. The van der Waals surface area contributed by atoms with Gasteiger partial charge in [0.1, 0.15) is 0 Å². The number of hydrogen-bond acceptors (Lipinski definition) is 4.